The Bertz CT molecular complexity index is 867. The Kier molecular flexibility index (Phi) is 7.77. The molecule has 0 aromatic carbocycles. The number of nitrogens with one attached hydrogen (secondary N) is 1. The van der Waals surface area contributed by atoms with Crippen molar-refractivity contribution in [3.05, 3.63) is 53.5 Å². The van der Waals surface area contributed by atoms with Gasteiger partial charge in [-0.3, -0.25) is 14.6 Å². The van der Waals surface area contributed by atoms with Gasteiger partial charge in [0, 0.05) is 37.9 Å². The number of nitrogens with zero attached hydrogens (tertiary/aromatic N) is 3. The van der Waals surface area contributed by atoms with Crippen molar-refractivity contribution in [2.24, 2.45) is 5.92 Å². The fourth-order valence-electron chi connectivity index (χ4n) is 3.88. The van der Waals surface area contributed by atoms with Gasteiger partial charge in [0.2, 0.25) is 0 Å². The molecule has 1 aliphatic rings. The standard InChI is InChI=1S/C25H34N4O2/c1-17(2)20-6-8-22(26-15-20)23(30)9-5-19-11-13-29(14-12-19)24-10-7-21(16-27-24)25(31)28-18(3)4/h6-8,10,15-19H,5,9,11-14H2,1-4H3,(H,28,31). The second kappa shape index (κ2) is 10.5. The molecule has 166 valence electrons. The van der Waals surface area contributed by atoms with Gasteiger partial charge in [0.1, 0.15) is 11.5 Å². The second-order valence-corrected chi connectivity index (χ2v) is 9.06. The Labute approximate surface area is 185 Å². The number of rotatable bonds is 8. The summed E-state index contributed by atoms with van der Waals surface area (Å²) in [4.78, 5) is 35.7. The smallest absolute Gasteiger partial charge is 0.253 e. The van der Waals surface area contributed by atoms with Crippen LogP contribution in [0.4, 0.5) is 5.82 Å². The van der Waals surface area contributed by atoms with Crippen molar-refractivity contribution in [2.75, 3.05) is 18.0 Å². The van der Waals surface area contributed by atoms with E-state index >= 15 is 0 Å². The number of carbonyl (C=O) groups is 2. The van der Waals surface area contributed by atoms with E-state index < -0.39 is 0 Å². The Morgan fingerprint density at radius 1 is 1.03 bits per heavy atom. The predicted molar refractivity (Wildman–Crippen MR) is 124 cm³/mol. The van der Waals surface area contributed by atoms with E-state index in [-0.39, 0.29) is 17.7 Å². The Hall–Kier alpha value is -2.76. The highest BCUT2D eigenvalue weighted by molar-refractivity contribution is 5.94. The lowest BCUT2D eigenvalue weighted by molar-refractivity contribution is 0.0940. The summed E-state index contributed by atoms with van der Waals surface area (Å²) in [7, 11) is 0. The number of ketones is 1. The van der Waals surface area contributed by atoms with Gasteiger partial charge in [0.15, 0.2) is 5.78 Å². The second-order valence-electron chi connectivity index (χ2n) is 9.06. The van der Waals surface area contributed by atoms with Crippen molar-refractivity contribution in [2.45, 2.75) is 65.3 Å². The summed E-state index contributed by atoms with van der Waals surface area (Å²) in [5.41, 5.74) is 2.32. The van der Waals surface area contributed by atoms with Crippen LogP contribution in [0.2, 0.25) is 0 Å². The van der Waals surface area contributed by atoms with Crippen molar-refractivity contribution in [1.82, 2.24) is 15.3 Å². The van der Waals surface area contributed by atoms with Gasteiger partial charge in [-0.05, 0) is 68.7 Å². The van der Waals surface area contributed by atoms with Crippen molar-refractivity contribution in [1.29, 1.82) is 0 Å². The average Bonchev–Trinajstić information content (AvgIpc) is 2.77. The van der Waals surface area contributed by atoms with Crippen LogP contribution in [0.25, 0.3) is 0 Å². The molecule has 0 atom stereocenters. The first-order chi connectivity index (χ1) is 14.8. The van der Waals surface area contributed by atoms with Crippen molar-refractivity contribution >= 4 is 17.5 Å². The summed E-state index contributed by atoms with van der Waals surface area (Å²) in [6.07, 6.45) is 7.02. The number of amides is 1. The molecule has 0 aliphatic carbocycles. The molecule has 31 heavy (non-hydrogen) atoms. The molecule has 0 unspecified atom stereocenters. The molecule has 3 rings (SSSR count). The summed E-state index contributed by atoms with van der Waals surface area (Å²) in [5.74, 6) is 1.92. The largest absolute Gasteiger partial charge is 0.357 e. The summed E-state index contributed by atoms with van der Waals surface area (Å²) >= 11 is 0. The van der Waals surface area contributed by atoms with Crippen LogP contribution >= 0.6 is 0 Å². The van der Waals surface area contributed by atoms with Gasteiger partial charge >= 0.3 is 0 Å². The Balaban J connectivity index is 1.45. The van der Waals surface area contributed by atoms with Gasteiger partial charge in [0.25, 0.3) is 5.91 Å². The minimum atomic E-state index is -0.0919. The first-order valence-electron chi connectivity index (χ1n) is 11.3. The fraction of sp³-hybridized carbons (Fsp3) is 0.520. The molecule has 1 saturated heterocycles. The third kappa shape index (κ3) is 6.36. The van der Waals surface area contributed by atoms with Crippen LogP contribution in [0, 0.1) is 5.92 Å². The number of hydrogen-bond donors (Lipinski definition) is 1. The fourth-order valence-corrected chi connectivity index (χ4v) is 3.88. The first-order valence-corrected chi connectivity index (χ1v) is 11.3. The van der Waals surface area contributed by atoms with E-state index in [0.717, 1.165) is 43.7 Å². The van der Waals surface area contributed by atoms with E-state index in [1.165, 1.54) is 0 Å². The molecule has 2 aromatic heterocycles. The van der Waals surface area contributed by atoms with Crippen molar-refractivity contribution in [3.63, 3.8) is 0 Å². The molecule has 1 aliphatic heterocycles. The number of piperidine rings is 1. The van der Waals surface area contributed by atoms with Crippen LogP contribution in [0.1, 0.15) is 85.7 Å². The van der Waals surface area contributed by atoms with E-state index in [1.54, 1.807) is 6.20 Å². The molecular formula is C25H34N4O2. The summed E-state index contributed by atoms with van der Waals surface area (Å²) in [6, 6.07) is 7.73. The average molecular weight is 423 g/mol. The van der Waals surface area contributed by atoms with Gasteiger partial charge < -0.3 is 10.2 Å². The quantitative estimate of drug-likeness (QED) is 0.629. The number of hydrogen-bond acceptors (Lipinski definition) is 5. The van der Waals surface area contributed by atoms with Gasteiger partial charge in [-0.25, -0.2) is 4.98 Å². The zero-order valence-corrected chi connectivity index (χ0v) is 19.1. The van der Waals surface area contributed by atoms with Crippen molar-refractivity contribution < 1.29 is 9.59 Å². The van der Waals surface area contributed by atoms with Crippen LogP contribution in [0.3, 0.4) is 0 Å². The number of carbonyl (C=O) groups excluding carboxylic acids is 2. The molecule has 0 radical (unpaired) electrons. The maximum atomic E-state index is 12.5. The molecule has 0 spiro atoms. The van der Waals surface area contributed by atoms with Crippen LogP contribution in [-0.2, 0) is 0 Å². The minimum Gasteiger partial charge on any atom is -0.357 e. The molecular weight excluding hydrogens is 388 g/mol. The van der Waals surface area contributed by atoms with Gasteiger partial charge in [-0.2, -0.15) is 0 Å². The highest BCUT2D eigenvalue weighted by atomic mass is 16.1. The first kappa shape index (κ1) is 22.9. The number of Topliss-reactive ketones (excluding diaryl/α,β-unsaturated/α-hetero) is 1. The van der Waals surface area contributed by atoms with E-state index in [4.69, 9.17) is 0 Å². The maximum Gasteiger partial charge on any atom is 0.253 e. The lowest BCUT2D eigenvalue weighted by Crippen LogP contribution is -2.34. The molecule has 1 fully saturated rings. The Morgan fingerprint density at radius 2 is 1.77 bits per heavy atom. The monoisotopic (exact) mass is 422 g/mol. The summed E-state index contributed by atoms with van der Waals surface area (Å²) in [5, 5.41) is 2.88. The topological polar surface area (TPSA) is 75.2 Å². The number of anilines is 1. The molecule has 6 heteroatoms. The van der Waals surface area contributed by atoms with Crippen LogP contribution < -0.4 is 10.2 Å². The van der Waals surface area contributed by atoms with E-state index in [2.05, 4.69) is 34.0 Å². The predicted octanol–water partition coefficient (Wildman–Crippen LogP) is 4.62. The minimum absolute atomic E-state index is 0.0919. The molecule has 1 amide bonds. The highest BCUT2D eigenvalue weighted by Gasteiger charge is 2.21. The molecule has 3 heterocycles. The van der Waals surface area contributed by atoms with Crippen LogP contribution in [-0.4, -0.2) is 40.8 Å². The van der Waals surface area contributed by atoms with E-state index in [9.17, 15) is 9.59 Å². The van der Waals surface area contributed by atoms with Gasteiger partial charge in [-0.15, -0.1) is 0 Å². The Morgan fingerprint density at radius 3 is 2.32 bits per heavy atom. The van der Waals surface area contributed by atoms with E-state index in [1.807, 2.05) is 44.3 Å². The third-order valence-electron chi connectivity index (χ3n) is 5.89. The third-order valence-corrected chi connectivity index (χ3v) is 5.89. The molecule has 2 aromatic rings. The van der Waals surface area contributed by atoms with E-state index in [0.29, 0.717) is 29.5 Å². The molecule has 1 N–H and O–H groups in total. The zero-order chi connectivity index (χ0) is 22.4. The van der Waals surface area contributed by atoms with Gasteiger partial charge in [-0.1, -0.05) is 19.9 Å². The summed E-state index contributed by atoms with van der Waals surface area (Å²) in [6.45, 7) is 9.97. The normalized spacial score (nSPS) is 14.8. The molecule has 0 bridgehead atoms. The molecule has 0 saturated carbocycles. The SMILES string of the molecule is CC(C)NC(=O)c1ccc(N2CCC(CCC(=O)c3ccc(C(C)C)cn3)CC2)nc1. The van der Waals surface area contributed by atoms with Crippen LogP contribution in [0.15, 0.2) is 36.7 Å². The number of aromatic nitrogens is 2. The lowest BCUT2D eigenvalue weighted by Gasteiger charge is -2.32. The number of pyridine rings is 2. The van der Waals surface area contributed by atoms with Gasteiger partial charge in [0.05, 0.1) is 5.56 Å². The maximum absolute atomic E-state index is 12.5. The molecule has 6 nitrogen and oxygen atoms in total. The highest BCUT2D eigenvalue weighted by Crippen LogP contribution is 2.26. The zero-order valence-electron chi connectivity index (χ0n) is 19.1. The summed E-state index contributed by atoms with van der Waals surface area (Å²) < 4.78 is 0. The van der Waals surface area contributed by atoms with Crippen molar-refractivity contribution in [3.8, 4) is 0 Å². The lowest BCUT2D eigenvalue weighted by atomic mass is 9.91. The van der Waals surface area contributed by atoms with Crippen LogP contribution in [0.5, 0.6) is 0 Å².